The third kappa shape index (κ3) is 8.27. The topological polar surface area (TPSA) is 75.7 Å². The van der Waals surface area contributed by atoms with Crippen LogP contribution in [0.4, 0.5) is 18.0 Å². The Hall–Kier alpha value is -2.75. The molecule has 182 valence electrons. The van der Waals surface area contributed by atoms with Crippen molar-refractivity contribution in [2.45, 2.75) is 57.8 Å². The molecule has 0 heterocycles. The molecule has 0 fully saturated rings. The molecule has 0 spiro atoms. The monoisotopic (exact) mass is 486 g/mol. The van der Waals surface area contributed by atoms with Gasteiger partial charge in [0.15, 0.2) is 0 Å². The molecule has 6 nitrogen and oxygen atoms in total. The number of halogens is 3. The second-order valence-electron chi connectivity index (χ2n) is 9.16. The molecule has 10 heteroatoms. The molecule has 0 aromatic heterocycles. The molecular weight excluding hydrogens is 457 g/mol. The molecule has 0 aliphatic carbocycles. The van der Waals surface area contributed by atoms with Gasteiger partial charge in [0.05, 0.1) is 5.56 Å². The van der Waals surface area contributed by atoms with Gasteiger partial charge in [0, 0.05) is 18.6 Å². The predicted octanol–water partition coefficient (Wildman–Crippen LogP) is 5.44. The van der Waals surface area contributed by atoms with Crippen molar-refractivity contribution in [3.63, 3.8) is 0 Å². The molecule has 0 unspecified atom stereocenters. The number of benzene rings is 2. The number of hydrogen-bond donors (Lipinski definition) is 1. The van der Waals surface area contributed by atoms with Crippen molar-refractivity contribution in [2.75, 3.05) is 6.54 Å². The first-order chi connectivity index (χ1) is 15.1. The molecule has 2 aromatic rings. The van der Waals surface area contributed by atoms with Gasteiger partial charge in [0.25, 0.3) is 0 Å². The van der Waals surface area contributed by atoms with Crippen molar-refractivity contribution in [2.24, 2.45) is 5.92 Å². The summed E-state index contributed by atoms with van der Waals surface area (Å²) in [6, 6.07) is 9.19. The lowest BCUT2D eigenvalue weighted by Crippen LogP contribution is -2.49. The van der Waals surface area contributed by atoms with Crippen LogP contribution in [-0.4, -0.2) is 31.4 Å². The van der Waals surface area contributed by atoms with E-state index in [1.54, 1.807) is 17.0 Å². The molecule has 33 heavy (non-hydrogen) atoms. The van der Waals surface area contributed by atoms with Gasteiger partial charge in [-0.3, -0.25) is 0 Å². The van der Waals surface area contributed by atoms with E-state index in [4.69, 9.17) is 4.18 Å². The molecule has 0 saturated carbocycles. The van der Waals surface area contributed by atoms with Crippen LogP contribution in [0.15, 0.2) is 53.4 Å². The zero-order chi connectivity index (χ0) is 25.0. The number of rotatable bonds is 7. The smallest absolute Gasteiger partial charge is 0.379 e. The number of alkyl halides is 3. The largest absolute Gasteiger partial charge is 0.416 e. The first-order valence-electron chi connectivity index (χ1n) is 10.3. The normalized spacial score (nSPS) is 12.5. The van der Waals surface area contributed by atoms with Gasteiger partial charge < -0.3 is 14.4 Å². The number of carbonyl (C=O) groups is 1. The highest BCUT2D eigenvalue weighted by Gasteiger charge is 2.32. The summed E-state index contributed by atoms with van der Waals surface area (Å²) in [5, 5.41) is 2.90. The zero-order valence-corrected chi connectivity index (χ0v) is 20.0. The second kappa shape index (κ2) is 10.0. The van der Waals surface area contributed by atoms with E-state index in [1.807, 2.05) is 34.6 Å². The third-order valence-electron chi connectivity index (χ3n) is 4.28. The minimum Gasteiger partial charge on any atom is -0.379 e. The first kappa shape index (κ1) is 26.5. The highest BCUT2D eigenvalue weighted by Crippen LogP contribution is 2.31. The highest BCUT2D eigenvalue weighted by molar-refractivity contribution is 7.87. The molecule has 0 aliphatic rings. The fourth-order valence-corrected chi connectivity index (χ4v) is 3.95. The Labute approximate surface area is 192 Å². The SMILES string of the molecule is CC(C)CN(Cc1cccc(OS(=O)(=O)c2cccc(C(F)(F)F)c2)c1)C(=O)NC(C)(C)C. The van der Waals surface area contributed by atoms with E-state index in [1.165, 1.54) is 12.1 Å². The molecule has 0 saturated heterocycles. The minimum atomic E-state index is -4.68. The summed E-state index contributed by atoms with van der Waals surface area (Å²) >= 11 is 0. The number of carbonyl (C=O) groups excluding carboxylic acids is 1. The van der Waals surface area contributed by atoms with Crippen LogP contribution >= 0.6 is 0 Å². The van der Waals surface area contributed by atoms with Crippen molar-refractivity contribution in [3.05, 3.63) is 59.7 Å². The van der Waals surface area contributed by atoms with Crippen LogP contribution in [0, 0.1) is 5.92 Å². The van der Waals surface area contributed by atoms with Gasteiger partial charge in [-0.25, -0.2) is 4.79 Å². The molecule has 1 N–H and O–H groups in total. The number of nitrogens with one attached hydrogen (secondary N) is 1. The van der Waals surface area contributed by atoms with E-state index in [0.717, 1.165) is 18.2 Å². The fourth-order valence-electron chi connectivity index (χ4n) is 2.98. The summed E-state index contributed by atoms with van der Waals surface area (Å²) in [7, 11) is -4.49. The Morgan fingerprint density at radius 3 is 2.27 bits per heavy atom. The van der Waals surface area contributed by atoms with Gasteiger partial charge in [-0.2, -0.15) is 21.6 Å². The van der Waals surface area contributed by atoms with Gasteiger partial charge in [-0.1, -0.05) is 32.0 Å². The van der Waals surface area contributed by atoms with Crippen LogP contribution in [0.1, 0.15) is 45.7 Å². The minimum absolute atomic E-state index is 0.0642. The van der Waals surface area contributed by atoms with Gasteiger partial charge >= 0.3 is 22.3 Å². The van der Waals surface area contributed by atoms with Crippen LogP contribution in [0.2, 0.25) is 0 Å². The summed E-state index contributed by atoms with van der Waals surface area (Å²) in [5.41, 5.74) is -0.914. The summed E-state index contributed by atoms with van der Waals surface area (Å²) in [6.45, 7) is 10.2. The Kier molecular flexibility index (Phi) is 8.05. The lowest BCUT2D eigenvalue weighted by atomic mass is 10.1. The summed E-state index contributed by atoms with van der Waals surface area (Å²) in [6.07, 6.45) is -4.68. The van der Waals surface area contributed by atoms with Crippen LogP contribution in [0.25, 0.3) is 0 Å². The maximum absolute atomic E-state index is 12.9. The van der Waals surface area contributed by atoms with E-state index in [2.05, 4.69) is 5.32 Å². The zero-order valence-electron chi connectivity index (χ0n) is 19.2. The first-order valence-corrected chi connectivity index (χ1v) is 11.8. The highest BCUT2D eigenvalue weighted by atomic mass is 32.2. The van der Waals surface area contributed by atoms with Crippen molar-refractivity contribution in [1.29, 1.82) is 0 Å². The summed E-state index contributed by atoms with van der Waals surface area (Å²) in [4.78, 5) is 13.7. The number of amides is 2. The summed E-state index contributed by atoms with van der Waals surface area (Å²) < 4.78 is 69.0. The Morgan fingerprint density at radius 2 is 1.70 bits per heavy atom. The Bertz CT molecular complexity index is 1080. The average Bonchev–Trinajstić information content (AvgIpc) is 2.65. The van der Waals surface area contributed by atoms with Crippen molar-refractivity contribution in [3.8, 4) is 5.75 Å². The van der Waals surface area contributed by atoms with Crippen molar-refractivity contribution >= 4 is 16.1 Å². The number of hydrogen-bond acceptors (Lipinski definition) is 4. The average molecular weight is 487 g/mol. The quantitative estimate of drug-likeness (QED) is 0.529. The van der Waals surface area contributed by atoms with Crippen molar-refractivity contribution < 1.29 is 30.6 Å². The van der Waals surface area contributed by atoms with Crippen LogP contribution < -0.4 is 9.50 Å². The predicted molar refractivity (Wildman–Crippen MR) is 119 cm³/mol. The van der Waals surface area contributed by atoms with E-state index >= 15 is 0 Å². The van der Waals surface area contributed by atoms with Crippen LogP contribution in [-0.2, 0) is 22.8 Å². The summed E-state index contributed by atoms with van der Waals surface area (Å²) in [5.74, 6) is 0.127. The van der Waals surface area contributed by atoms with Gasteiger partial charge in [0.1, 0.15) is 10.6 Å². The maximum Gasteiger partial charge on any atom is 0.416 e. The van der Waals surface area contributed by atoms with E-state index in [9.17, 15) is 26.4 Å². The number of urea groups is 1. The number of nitrogens with zero attached hydrogens (tertiary/aromatic N) is 1. The molecule has 0 bridgehead atoms. The lowest BCUT2D eigenvalue weighted by Gasteiger charge is -2.29. The second-order valence-corrected chi connectivity index (χ2v) is 10.7. The van der Waals surface area contributed by atoms with E-state index in [-0.39, 0.29) is 24.2 Å². The van der Waals surface area contributed by atoms with E-state index < -0.39 is 32.3 Å². The third-order valence-corrected chi connectivity index (χ3v) is 5.53. The maximum atomic E-state index is 12.9. The van der Waals surface area contributed by atoms with Gasteiger partial charge in [-0.15, -0.1) is 0 Å². The van der Waals surface area contributed by atoms with Gasteiger partial charge in [0.2, 0.25) is 0 Å². The molecule has 0 atom stereocenters. The molecular formula is C23H29F3N2O4S. The molecule has 2 amide bonds. The molecule has 2 rings (SSSR count). The van der Waals surface area contributed by atoms with Crippen LogP contribution in [0.3, 0.4) is 0 Å². The van der Waals surface area contributed by atoms with Gasteiger partial charge in [-0.05, 0) is 62.6 Å². The van der Waals surface area contributed by atoms with E-state index in [0.29, 0.717) is 18.2 Å². The molecule has 0 aliphatic heterocycles. The standard InChI is InChI=1S/C23H29F3N2O4S/c1-16(2)14-28(21(29)27-22(3,4)5)15-17-8-6-10-19(12-17)32-33(30,31)20-11-7-9-18(13-20)23(24,25)26/h6-13,16H,14-15H2,1-5H3,(H,27,29). The van der Waals surface area contributed by atoms with Crippen LogP contribution in [0.5, 0.6) is 5.75 Å². The Morgan fingerprint density at radius 1 is 1.06 bits per heavy atom. The van der Waals surface area contributed by atoms with Crippen molar-refractivity contribution in [1.82, 2.24) is 10.2 Å². The molecule has 0 radical (unpaired) electrons. The Balaban J connectivity index is 2.25. The lowest BCUT2D eigenvalue weighted by molar-refractivity contribution is -0.137. The molecule has 2 aromatic carbocycles. The fraction of sp³-hybridized carbons (Fsp3) is 0.435.